The SMILES string of the molecule is N#Cc1cccc2ccnc(NCC(=O)O)c12. The molecule has 0 amide bonds. The zero-order valence-electron chi connectivity index (χ0n) is 8.84. The van der Waals surface area contributed by atoms with Crippen LogP contribution in [0.3, 0.4) is 0 Å². The summed E-state index contributed by atoms with van der Waals surface area (Å²) in [4.78, 5) is 14.6. The first-order valence-electron chi connectivity index (χ1n) is 4.96. The summed E-state index contributed by atoms with van der Waals surface area (Å²) in [5, 5.41) is 21.8. The molecule has 0 bridgehead atoms. The third-order valence-corrected chi connectivity index (χ3v) is 2.32. The van der Waals surface area contributed by atoms with Crippen LogP contribution in [0.1, 0.15) is 5.56 Å². The second kappa shape index (κ2) is 4.49. The van der Waals surface area contributed by atoms with E-state index in [0.29, 0.717) is 16.8 Å². The minimum atomic E-state index is -0.974. The molecular weight excluding hydrogens is 218 g/mol. The third kappa shape index (κ3) is 2.16. The van der Waals surface area contributed by atoms with Crippen molar-refractivity contribution >= 4 is 22.6 Å². The molecular formula is C12H9N3O2. The third-order valence-electron chi connectivity index (χ3n) is 2.32. The predicted octanol–water partition coefficient (Wildman–Crippen LogP) is 1.60. The van der Waals surface area contributed by atoms with Gasteiger partial charge in [0.05, 0.1) is 11.6 Å². The fourth-order valence-electron chi connectivity index (χ4n) is 1.62. The molecule has 2 N–H and O–H groups in total. The quantitative estimate of drug-likeness (QED) is 0.831. The molecule has 1 aromatic carbocycles. The average molecular weight is 227 g/mol. The Morgan fingerprint density at radius 1 is 1.47 bits per heavy atom. The highest BCUT2D eigenvalue weighted by Gasteiger charge is 2.07. The van der Waals surface area contributed by atoms with Gasteiger partial charge in [-0.05, 0) is 17.5 Å². The molecule has 0 saturated heterocycles. The molecule has 0 fully saturated rings. The van der Waals surface area contributed by atoms with Gasteiger partial charge in [-0.15, -0.1) is 0 Å². The lowest BCUT2D eigenvalue weighted by Crippen LogP contribution is -2.13. The van der Waals surface area contributed by atoms with Crippen molar-refractivity contribution in [2.75, 3.05) is 11.9 Å². The number of nitrogens with one attached hydrogen (secondary N) is 1. The van der Waals surface area contributed by atoms with Gasteiger partial charge < -0.3 is 10.4 Å². The number of nitrogens with zero attached hydrogens (tertiary/aromatic N) is 2. The van der Waals surface area contributed by atoms with E-state index < -0.39 is 5.97 Å². The number of nitriles is 1. The Balaban J connectivity index is 2.55. The van der Waals surface area contributed by atoms with Gasteiger partial charge in [-0.25, -0.2) is 4.98 Å². The lowest BCUT2D eigenvalue weighted by atomic mass is 10.1. The molecule has 2 aromatic rings. The molecule has 2 rings (SSSR count). The number of aliphatic carboxylic acids is 1. The highest BCUT2D eigenvalue weighted by atomic mass is 16.4. The highest BCUT2D eigenvalue weighted by Crippen LogP contribution is 2.24. The summed E-state index contributed by atoms with van der Waals surface area (Å²) >= 11 is 0. The molecule has 5 heteroatoms. The molecule has 0 saturated carbocycles. The number of carboxylic acid groups (broad SMARTS) is 1. The number of hydrogen-bond acceptors (Lipinski definition) is 4. The average Bonchev–Trinajstić information content (AvgIpc) is 2.35. The summed E-state index contributed by atoms with van der Waals surface area (Å²) in [6, 6.07) is 9.16. The second-order valence-corrected chi connectivity index (χ2v) is 3.42. The first kappa shape index (κ1) is 10.9. The van der Waals surface area contributed by atoms with Crippen LogP contribution in [0.4, 0.5) is 5.82 Å². The lowest BCUT2D eigenvalue weighted by molar-refractivity contribution is -0.134. The summed E-state index contributed by atoms with van der Waals surface area (Å²) in [6.07, 6.45) is 1.58. The number of aromatic nitrogens is 1. The van der Waals surface area contributed by atoms with Crippen molar-refractivity contribution in [3.05, 3.63) is 36.0 Å². The maximum atomic E-state index is 10.5. The van der Waals surface area contributed by atoms with E-state index in [1.807, 2.05) is 6.07 Å². The maximum absolute atomic E-state index is 10.5. The Labute approximate surface area is 97.3 Å². The first-order chi connectivity index (χ1) is 8.22. The van der Waals surface area contributed by atoms with Crippen molar-refractivity contribution in [3.63, 3.8) is 0 Å². The van der Waals surface area contributed by atoms with Crippen molar-refractivity contribution in [1.82, 2.24) is 4.98 Å². The summed E-state index contributed by atoms with van der Waals surface area (Å²) in [6.45, 7) is -0.230. The van der Waals surface area contributed by atoms with Crippen molar-refractivity contribution < 1.29 is 9.90 Å². The normalized spacial score (nSPS) is 9.82. The van der Waals surface area contributed by atoms with Gasteiger partial charge in [0.2, 0.25) is 0 Å². The number of carboxylic acids is 1. The van der Waals surface area contributed by atoms with E-state index in [1.165, 1.54) is 0 Å². The van der Waals surface area contributed by atoms with E-state index >= 15 is 0 Å². The highest BCUT2D eigenvalue weighted by molar-refractivity contribution is 5.96. The Morgan fingerprint density at radius 3 is 3.00 bits per heavy atom. The lowest BCUT2D eigenvalue weighted by Gasteiger charge is -2.07. The summed E-state index contributed by atoms with van der Waals surface area (Å²) in [5.74, 6) is -0.555. The zero-order chi connectivity index (χ0) is 12.3. The van der Waals surface area contributed by atoms with Crippen LogP contribution >= 0.6 is 0 Å². The second-order valence-electron chi connectivity index (χ2n) is 3.42. The van der Waals surface area contributed by atoms with Crippen LogP contribution in [0.25, 0.3) is 10.8 Å². The number of hydrogen-bond donors (Lipinski definition) is 2. The molecule has 0 aliphatic rings. The number of anilines is 1. The van der Waals surface area contributed by atoms with Crippen LogP contribution in [0, 0.1) is 11.3 Å². The van der Waals surface area contributed by atoms with E-state index in [0.717, 1.165) is 5.39 Å². The Hall–Kier alpha value is -2.61. The van der Waals surface area contributed by atoms with Crippen LogP contribution < -0.4 is 5.32 Å². The van der Waals surface area contributed by atoms with Crippen LogP contribution in [-0.4, -0.2) is 22.6 Å². The zero-order valence-corrected chi connectivity index (χ0v) is 8.84. The van der Waals surface area contributed by atoms with Gasteiger partial charge in [0.25, 0.3) is 0 Å². The van der Waals surface area contributed by atoms with Gasteiger partial charge in [0, 0.05) is 11.6 Å². The maximum Gasteiger partial charge on any atom is 0.322 e. The minimum Gasteiger partial charge on any atom is -0.480 e. The molecule has 0 atom stereocenters. The van der Waals surface area contributed by atoms with Crippen molar-refractivity contribution in [2.45, 2.75) is 0 Å². The van der Waals surface area contributed by atoms with Crippen LogP contribution in [0.5, 0.6) is 0 Å². The van der Waals surface area contributed by atoms with Gasteiger partial charge in [-0.2, -0.15) is 5.26 Å². The van der Waals surface area contributed by atoms with Crippen molar-refractivity contribution in [3.8, 4) is 6.07 Å². The molecule has 17 heavy (non-hydrogen) atoms. The number of pyridine rings is 1. The molecule has 0 spiro atoms. The summed E-state index contributed by atoms with van der Waals surface area (Å²) in [5.41, 5.74) is 0.475. The van der Waals surface area contributed by atoms with E-state index in [4.69, 9.17) is 10.4 Å². The van der Waals surface area contributed by atoms with Gasteiger partial charge in [0.15, 0.2) is 0 Å². The van der Waals surface area contributed by atoms with E-state index in [9.17, 15) is 4.79 Å². The van der Waals surface area contributed by atoms with Crippen LogP contribution in [-0.2, 0) is 4.79 Å². The van der Waals surface area contributed by atoms with Gasteiger partial charge >= 0.3 is 5.97 Å². The molecule has 5 nitrogen and oxygen atoms in total. The first-order valence-corrected chi connectivity index (χ1v) is 4.96. The van der Waals surface area contributed by atoms with Crippen molar-refractivity contribution in [2.24, 2.45) is 0 Å². The molecule has 0 radical (unpaired) electrons. The molecule has 84 valence electrons. The van der Waals surface area contributed by atoms with Gasteiger partial charge in [-0.3, -0.25) is 4.79 Å². The molecule has 1 aromatic heterocycles. The minimum absolute atomic E-state index is 0.230. The van der Waals surface area contributed by atoms with Crippen LogP contribution in [0.2, 0.25) is 0 Å². The van der Waals surface area contributed by atoms with E-state index in [2.05, 4.69) is 16.4 Å². The Morgan fingerprint density at radius 2 is 2.29 bits per heavy atom. The van der Waals surface area contributed by atoms with Gasteiger partial charge in [0.1, 0.15) is 12.4 Å². The molecule has 0 unspecified atom stereocenters. The summed E-state index contributed by atoms with van der Waals surface area (Å²) < 4.78 is 0. The smallest absolute Gasteiger partial charge is 0.322 e. The van der Waals surface area contributed by atoms with Crippen molar-refractivity contribution in [1.29, 1.82) is 5.26 Å². The van der Waals surface area contributed by atoms with Crippen LogP contribution in [0.15, 0.2) is 30.5 Å². The number of benzene rings is 1. The Bertz CT molecular complexity index is 611. The predicted molar refractivity (Wildman–Crippen MR) is 62.6 cm³/mol. The molecule has 0 aliphatic carbocycles. The standard InChI is InChI=1S/C12H9N3O2/c13-6-9-3-1-2-8-4-5-14-12(11(8)9)15-7-10(16)17/h1-5H,7H2,(H,14,15)(H,16,17). The van der Waals surface area contributed by atoms with E-state index in [-0.39, 0.29) is 6.54 Å². The molecule has 1 heterocycles. The van der Waals surface area contributed by atoms with Gasteiger partial charge in [-0.1, -0.05) is 12.1 Å². The number of fused-ring (bicyclic) bond motifs is 1. The fraction of sp³-hybridized carbons (Fsp3) is 0.0833. The Kier molecular flexibility index (Phi) is 2.88. The van der Waals surface area contributed by atoms with E-state index in [1.54, 1.807) is 24.4 Å². The largest absolute Gasteiger partial charge is 0.480 e. The molecule has 0 aliphatic heterocycles. The number of rotatable bonds is 3. The summed E-state index contributed by atoms with van der Waals surface area (Å²) in [7, 11) is 0. The topological polar surface area (TPSA) is 86.0 Å². The monoisotopic (exact) mass is 227 g/mol. The number of carbonyl (C=O) groups is 1. The fourth-order valence-corrected chi connectivity index (χ4v) is 1.62.